The predicted molar refractivity (Wildman–Crippen MR) is 74.5 cm³/mol. The Bertz CT molecular complexity index is 527. The largest absolute Gasteiger partial charge is 0.508 e. The molecule has 4 nitrogen and oxygen atoms in total. The van der Waals surface area contributed by atoms with Gasteiger partial charge in [-0.05, 0) is 43.4 Å². The van der Waals surface area contributed by atoms with Crippen LogP contribution in [0.5, 0.6) is 5.75 Å². The van der Waals surface area contributed by atoms with E-state index in [1.165, 1.54) is 18.2 Å². The van der Waals surface area contributed by atoms with Crippen LogP contribution in [-0.4, -0.2) is 30.9 Å². The lowest BCUT2D eigenvalue weighted by atomic mass is 9.98. The molecular formula is C14H21NO3S. The van der Waals surface area contributed by atoms with Crippen molar-refractivity contribution < 1.29 is 13.5 Å². The van der Waals surface area contributed by atoms with Gasteiger partial charge in [-0.25, -0.2) is 8.42 Å². The van der Waals surface area contributed by atoms with E-state index in [-0.39, 0.29) is 10.6 Å². The van der Waals surface area contributed by atoms with Gasteiger partial charge < -0.3 is 5.11 Å². The Labute approximate surface area is 115 Å². The first-order valence-corrected chi connectivity index (χ1v) is 8.27. The normalized spacial score (nSPS) is 22.1. The SMILES string of the molecule is CCC1CCCN(S(=O)(=O)c2cccc(O)c2)CC1. The zero-order valence-electron chi connectivity index (χ0n) is 11.2. The van der Waals surface area contributed by atoms with Gasteiger partial charge in [0.15, 0.2) is 0 Å². The molecule has 5 heteroatoms. The van der Waals surface area contributed by atoms with E-state index in [2.05, 4.69) is 6.92 Å². The fourth-order valence-corrected chi connectivity index (χ4v) is 4.11. The van der Waals surface area contributed by atoms with Crippen molar-refractivity contribution in [3.05, 3.63) is 24.3 Å². The van der Waals surface area contributed by atoms with E-state index in [0.717, 1.165) is 25.7 Å². The second-order valence-corrected chi connectivity index (χ2v) is 7.04. The summed E-state index contributed by atoms with van der Waals surface area (Å²) in [5, 5.41) is 9.43. The fourth-order valence-electron chi connectivity index (χ4n) is 2.58. The van der Waals surface area contributed by atoms with Crippen LogP contribution in [0.3, 0.4) is 0 Å². The maximum Gasteiger partial charge on any atom is 0.243 e. The summed E-state index contributed by atoms with van der Waals surface area (Å²) in [6, 6.07) is 5.90. The van der Waals surface area contributed by atoms with E-state index in [1.54, 1.807) is 10.4 Å². The molecule has 1 fully saturated rings. The number of phenolic OH excluding ortho intramolecular Hbond substituents is 1. The van der Waals surface area contributed by atoms with E-state index < -0.39 is 10.0 Å². The molecule has 0 aromatic heterocycles. The molecule has 1 aromatic carbocycles. The molecule has 0 bridgehead atoms. The summed E-state index contributed by atoms with van der Waals surface area (Å²) in [5.41, 5.74) is 0. The highest BCUT2D eigenvalue weighted by molar-refractivity contribution is 7.89. The lowest BCUT2D eigenvalue weighted by molar-refractivity contribution is 0.407. The van der Waals surface area contributed by atoms with Gasteiger partial charge in [-0.1, -0.05) is 19.4 Å². The van der Waals surface area contributed by atoms with Gasteiger partial charge in [-0.3, -0.25) is 0 Å². The third kappa shape index (κ3) is 3.28. The van der Waals surface area contributed by atoms with E-state index in [4.69, 9.17) is 0 Å². The highest BCUT2D eigenvalue weighted by Crippen LogP contribution is 2.26. The van der Waals surface area contributed by atoms with Crippen molar-refractivity contribution >= 4 is 10.0 Å². The van der Waals surface area contributed by atoms with E-state index in [1.807, 2.05) is 0 Å². The van der Waals surface area contributed by atoms with Gasteiger partial charge in [0.05, 0.1) is 4.90 Å². The maximum absolute atomic E-state index is 12.5. The Hall–Kier alpha value is -1.07. The molecular weight excluding hydrogens is 262 g/mol. The van der Waals surface area contributed by atoms with Crippen LogP contribution >= 0.6 is 0 Å². The summed E-state index contributed by atoms with van der Waals surface area (Å²) >= 11 is 0. The summed E-state index contributed by atoms with van der Waals surface area (Å²) in [6.07, 6.45) is 4.05. The zero-order valence-corrected chi connectivity index (χ0v) is 12.1. The van der Waals surface area contributed by atoms with Crippen LogP contribution < -0.4 is 0 Å². The van der Waals surface area contributed by atoms with Gasteiger partial charge >= 0.3 is 0 Å². The van der Waals surface area contributed by atoms with Crippen molar-refractivity contribution in [3.63, 3.8) is 0 Å². The van der Waals surface area contributed by atoms with Gasteiger partial charge in [0, 0.05) is 13.1 Å². The Balaban J connectivity index is 2.20. The van der Waals surface area contributed by atoms with Crippen LogP contribution in [0.25, 0.3) is 0 Å². The smallest absolute Gasteiger partial charge is 0.243 e. The second kappa shape index (κ2) is 5.92. The molecule has 0 amide bonds. The molecule has 1 aromatic rings. The number of sulfonamides is 1. The third-order valence-electron chi connectivity index (χ3n) is 3.84. The topological polar surface area (TPSA) is 57.6 Å². The maximum atomic E-state index is 12.5. The minimum Gasteiger partial charge on any atom is -0.508 e. The number of phenols is 1. The Morgan fingerprint density at radius 3 is 2.79 bits per heavy atom. The molecule has 1 unspecified atom stereocenters. The quantitative estimate of drug-likeness (QED) is 0.927. The van der Waals surface area contributed by atoms with Gasteiger partial charge in [0.1, 0.15) is 5.75 Å². The molecule has 2 rings (SSSR count). The summed E-state index contributed by atoms with van der Waals surface area (Å²) in [5.74, 6) is 0.617. The molecule has 1 aliphatic heterocycles. The Morgan fingerprint density at radius 2 is 2.11 bits per heavy atom. The minimum absolute atomic E-state index is 0.0117. The standard InChI is InChI=1S/C14H21NO3S/c1-2-12-5-4-9-15(10-8-12)19(17,18)14-7-3-6-13(16)11-14/h3,6-7,11-12,16H,2,4-5,8-10H2,1H3. The monoisotopic (exact) mass is 283 g/mol. The van der Waals surface area contributed by atoms with E-state index in [9.17, 15) is 13.5 Å². The van der Waals surface area contributed by atoms with Crippen LogP contribution in [0, 0.1) is 5.92 Å². The number of rotatable bonds is 3. The zero-order chi connectivity index (χ0) is 13.9. The van der Waals surface area contributed by atoms with Crippen molar-refractivity contribution in [1.82, 2.24) is 4.31 Å². The van der Waals surface area contributed by atoms with Crippen LogP contribution in [0.2, 0.25) is 0 Å². The van der Waals surface area contributed by atoms with Gasteiger partial charge in [0.25, 0.3) is 0 Å². The first kappa shape index (κ1) is 14.3. The summed E-state index contributed by atoms with van der Waals surface area (Å²) in [6.45, 7) is 3.31. The molecule has 106 valence electrons. The van der Waals surface area contributed by atoms with Crippen molar-refractivity contribution in [2.75, 3.05) is 13.1 Å². The highest BCUT2D eigenvalue weighted by atomic mass is 32.2. The first-order chi connectivity index (χ1) is 9.04. The summed E-state index contributed by atoms with van der Waals surface area (Å²) in [4.78, 5) is 0.183. The number of aromatic hydroxyl groups is 1. The average molecular weight is 283 g/mol. The van der Waals surface area contributed by atoms with E-state index in [0.29, 0.717) is 19.0 Å². The molecule has 0 spiro atoms. The fraction of sp³-hybridized carbons (Fsp3) is 0.571. The summed E-state index contributed by atoms with van der Waals surface area (Å²) in [7, 11) is -3.47. The van der Waals surface area contributed by atoms with Crippen molar-refractivity contribution in [1.29, 1.82) is 0 Å². The third-order valence-corrected chi connectivity index (χ3v) is 5.73. The van der Waals surface area contributed by atoms with Crippen LogP contribution in [0.4, 0.5) is 0 Å². The first-order valence-electron chi connectivity index (χ1n) is 6.83. The van der Waals surface area contributed by atoms with Gasteiger partial charge in [-0.15, -0.1) is 0 Å². The number of hydrogen-bond acceptors (Lipinski definition) is 3. The molecule has 0 aliphatic carbocycles. The molecule has 19 heavy (non-hydrogen) atoms. The molecule has 0 saturated carbocycles. The van der Waals surface area contributed by atoms with Crippen molar-refractivity contribution in [3.8, 4) is 5.75 Å². The van der Waals surface area contributed by atoms with Crippen LogP contribution in [0.15, 0.2) is 29.2 Å². The van der Waals surface area contributed by atoms with Crippen molar-refractivity contribution in [2.45, 2.75) is 37.5 Å². The Morgan fingerprint density at radius 1 is 1.32 bits per heavy atom. The molecule has 1 heterocycles. The highest BCUT2D eigenvalue weighted by Gasteiger charge is 2.27. The molecule has 1 atom stereocenters. The second-order valence-electron chi connectivity index (χ2n) is 5.11. The summed E-state index contributed by atoms with van der Waals surface area (Å²) < 4.78 is 26.6. The molecule has 1 saturated heterocycles. The minimum atomic E-state index is -3.47. The average Bonchev–Trinajstić information content (AvgIpc) is 2.64. The van der Waals surface area contributed by atoms with Gasteiger partial charge in [-0.2, -0.15) is 4.31 Å². The van der Waals surface area contributed by atoms with Crippen molar-refractivity contribution in [2.24, 2.45) is 5.92 Å². The lowest BCUT2D eigenvalue weighted by Gasteiger charge is -2.20. The van der Waals surface area contributed by atoms with Gasteiger partial charge in [0.2, 0.25) is 10.0 Å². The molecule has 1 N–H and O–H groups in total. The van der Waals surface area contributed by atoms with E-state index >= 15 is 0 Å². The lowest BCUT2D eigenvalue weighted by Crippen LogP contribution is -2.32. The predicted octanol–water partition coefficient (Wildman–Crippen LogP) is 2.59. The number of hydrogen-bond donors (Lipinski definition) is 1. The molecule has 1 aliphatic rings. The molecule has 0 radical (unpaired) electrons. The number of nitrogens with zero attached hydrogens (tertiary/aromatic N) is 1. The number of benzene rings is 1. The van der Waals surface area contributed by atoms with Crippen LogP contribution in [0.1, 0.15) is 32.6 Å². The Kier molecular flexibility index (Phi) is 4.47. The van der Waals surface area contributed by atoms with Crippen LogP contribution in [-0.2, 0) is 10.0 Å².